The van der Waals surface area contributed by atoms with Crippen LogP contribution in [0.25, 0.3) is 0 Å². The molecular weight excluding hydrogens is 321 g/mol. The van der Waals surface area contributed by atoms with Gasteiger partial charge in [0.2, 0.25) is 0 Å². The zero-order valence-electron chi connectivity index (χ0n) is 9.29. The second-order valence-corrected chi connectivity index (χ2v) is 4.44. The molecule has 2 rings (SSSR count). The summed E-state index contributed by atoms with van der Waals surface area (Å²) in [7, 11) is 0. The van der Waals surface area contributed by atoms with E-state index in [4.69, 9.17) is 0 Å². The molecule has 0 saturated heterocycles. The van der Waals surface area contributed by atoms with Gasteiger partial charge in [-0.2, -0.15) is 0 Å². The molecule has 1 aromatic carbocycles. The fourth-order valence-electron chi connectivity index (χ4n) is 1.36. The Bertz CT molecular complexity index is 725. The summed E-state index contributed by atoms with van der Waals surface area (Å²) < 4.78 is 13.2. The van der Waals surface area contributed by atoms with E-state index >= 15 is 0 Å². The molecule has 0 saturated carbocycles. The maximum absolute atomic E-state index is 13.0. The van der Waals surface area contributed by atoms with Gasteiger partial charge in [0.05, 0.1) is 4.47 Å². The molecule has 1 aromatic heterocycles. The SMILES string of the molecule is O=C(Nc1ccc(F)c(Br)c1)c1cc(=O)[nH]c(=O)[nH]1. The molecule has 8 heteroatoms. The topological polar surface area (TPSA) is 94.8 Å². The van der Waals surface area contributed by atoms with E-state index in [0.717, 1.165) is 6.07 Å². The van der Waals surface area contributed by atoms with Crippen LogP contribution < -0.4 is 16.6 Å². The van der Waals surface area contributed by atoms with Crippen LogP contribution in [0.4, 0.5) is 10.1 Å². The van der Waals surface area contributed by atoms with Gasteiger partial charge in [0, 0.05) is 11.8 Å². The Labute approximate surface area is 113 Å². The van der Waals surface area contributed by atoms with Gasteiger partial charge in [0.15, 0.2) is 0 Å². The van der Waals surface area contributed by atoms with E-state index in [9.17, 15) is 18.8 Å². The van der Waals surface area contributed by atoms with Crippen molar-refractivity contribution in [3.63, 3.8) is 0 Å². The smallest absolute Gasteiger partial charge is 0.321 e. The minimum Gasteiger partial charge on any atom is -0.321 e. The Morgan fingerprint density at radius 2 is 1.95 bits per heavy atom. The summed E-state index contributed by atoms with van der Waals surface area (Å²) in [5, 5.41) is 2.42. The standard InChI is InChI=1S/C11H7BrFN3O3/c12-6-3-5(1-2-7(6)13)14-10(18)8-4-9(17)16-11(19)15-8/h1-4H,(H,14,18)(H2,15,16,17,19). The zero-order chi connectivity index (χ0) is 14.0. The van der Waals surface area contributed by atoms with E-state index in [0.29, 0.717) is 5.69 Å². The van der Waals surface area contributed by atoms with Crippen LogP contribution in [0.5, 0.6) is 0 Å². The average molecular weight is 328 g/mol. The normalized spacial score (nSPS) is 10.2. The third-order valence-electron chi connectivity index (χ3n) is 2.18. The van der Waals surface area contributed by atoms with E-state index in [1.165, 1.54) is 18.2 Å². The lowest BCUT2D eigenvalue weighted by Gasteiger charge is -2.05. The van der Waals surface area contributed by atoms with Crippen molar-refractivity contribution in [2.45, 2.75) is 0 Å². The van der Waals surface area contributed by atoms with Gasteiger partial charge in [-0.3, -0.25) is 14.6 Å². The van der Waals surface area contributed by atoms with Crippen LogP contribution in [0.3, 0.4) is 0 Å². The number of benzene rings is 1. The number of amides is 1. The number of carbonyl (C=O) groups excluding carboxylic acids is 1. The highest BCUT2D eigenvalue weighted by Crippen LogP contribution is 2.20. The fourth-order valence-corrected chi connectivity index (χ4v) is 1.74. The predicted octanol–water partition coefficient (Wildman–Crippen LogP) is 1.22. The van der Waals surface area contributed by atoms with E-state index in [2.05, 4.69) is 26.2 Å². The molecule has 3 N–H and O–H groups in total. The van der Waals surface area contributed by atoms with Gasteiger partial charge in [-0.25, -0.2) is 9.18 Å². The highest BCUT2D eigenvalue weighted by Gasteiger charge is 2.09. The Balaban J connectivity index is 2.27. The summed E-state index contributed by atoms with van der Waals surface area (Å²) in [6, 6.07) is 4.83. The Morgan fingerprint density at radius 3 is 2.58 bits per heavy atom. The lowest BCUT2D eigenvalue weighted by atomic mass is 10.3. The van der Waals surface area contributed by atoms with Crippen LogP contribution in [-0.4, -0.2) is 15.9 Å². The first-order chi connectivity index (χ1) is 8.95. The van der Waals surface area contributed by atoms with Gasteiger partial charge < -0.3 is 10.3 Å². The monoisotopic (exact) mass is 327 g/mol. The van der Waals surface area contributed by atoms with Gasteiger partial charge in [-0.1, -0.05) is 0 Å². The molecule has 1 heterocycles. The highest BCUT2D eigenvalue weighted by atomic mass is 79.9. The Morgan fingerprint density at radius 1 is 1.21 bits per heavy atom. The van der Waals surface area contributed by atoms with Crippen molar-refractivity contribution in [3.05, 3.63) is 61.1 Å². The number of nitrogens with one attached hydrogen (secondary N) is 3. The number of aromatic nitrogens is 2. The van der Waals surface area contributed by atoms with Crippen molar-refractivity contribution >= 4 is 27.5 Å². The van der Waals surface area contributed by atoms with E-state index < -0.39 is 23.0 Å². The van der Waals surface area contributed by atoms with Crippen LogP contribution in [0, 0.1) is 5.82 Å². The number of hydrogen-bond acceptors (Lipinski definition) is 3. The second-order valence-electron chi connectivity index (χ2n) is 3.58. The molecule has 0 unspecified atom stereocenters. The molecule has 2 aromatic rings. The summed E-state index contributed by atoms with van der Waals surface area (Å²) in [5.41, 5.74) is -1.33. The van der Waals surface area contributed by atoms with Gasteiger partial charge in [-0.15, -0.1) is 0 Å². The van der Waals surface area contributed by atoms with Gasteiger partial charge in [0.1, 0.15) is 11.5 Å². The summed E-state index contributed by atoms with van der Waals surface area (Å²) >= 11 is 2.98. The first kappa shape index (κ1) is 13.2. The third kappa shape index (κ3) is 3.16. The third-order valence-corrected chi connectivity index (χ3v) is 2.79. The number of rotatable bonds is 2. The van der Waals surface area contributed by atoms with E-state index in [1.807, 2.05) is 4.98 Å². The Kier molecular flexibility index (Phi) is 3.61. The molecule has 98 valence electrons. The summed E-state index contributed by atoms with van der Waals surface area (Å²) in [5.74, 6) is -1.15. The quantitative estimate of drug-likeness (QED) is 0.773. The Hall–Kier alpha value is -2.22. The molecular formula is C11H7BrFN3O3. The first-order valence-electron chi connectivity index (χ1n) is 5.06. The van der Waals surface area contributed by atoms with Crippen molar-refractivity contribution in [2.24, 2.45) is 0 Å². The number of anilines is 1. The largest absolute Gasteiger partial charge is 0.326 e. The number of H-pyrrole nitrogens is 2. The lowest BCUT2D eigenvalue weighted by molar-refractivity contribution is 0.102. The van der Waals surface area contributed by atoms with Crippen molar-refractivity contribution in [1.29, 1.82) is 0 Å². The average Bonchev–Trinajstić information content (AvgIpc) is 2.32. The molecule has 0 aliphatic rings. The summed E-state index contributed by atoms with van der Waals surface area (Å²) in [6.07, 6.45) is 0. The fraction of sp³-hybridized carbons (Fsp3) is 0. The highest BCUT2D eigenvalue weighted by molar-refractivity contribution is 9.10. The molecule has 0 atom stereocenters. The maximum Gasteiger partial charge on any atom is 0.326 e. The molecule has 0 spiro atoms. The molecule has 0 aliphatic heterocycles. The first-order valence-corrected chi connectivity index (χ1v) is 5.85. The van der Waals surface area contributed by atoms with Crippen LogP contribution in [0.2, 0.25) is 0 Å². The minimum atomic E-state index is -0.780. The van der Waals surface area contributed by atoms with Gasteiger partial charge >= 0.3 is 5.69 Å². The molecule has 0 aliphatic carbocycles. The van der Waals surface area contributed by atoms with Crippen LogP contribution in [0.15, 0.2) is 38.3 Å². The molecule has 0 radical (unpaired) electrons. The molecule has 19 heavy (non-hydrogen) atoms. The number of carbonyl (C=O) groups is 1. The van der Waals surface area contributed by atoms with Crippen molar-refractivity contribution in [3.8, 4) is 0 Å². The van der Waals surface area contributed by atoms with E-state index in [-0.39, 0.29) is 10.2 Å². The molecule has 0 bridgehead atoms. The van der Waals surface area contributed by atoms with Crippen molar-refractivity contribution in [2.75, 3.05) is 5.32 Å². The predicted molar refractivity (Wildman–Crippen MR) is 69.7 cm³/mol. The van der Waals surface area contributed by atoms with Crippen molar-refractivity contribution < 1.29 is 9.18 Å². The van der Waals surface area contributed by atoms with Gasteiger partial charge in [-0.05, 0) is 34.1 Å². The summed E-state index contributed by atoms with van der Waals surface area (Å²) in [6.45, 7) is 0. The molecule has 1 amide bonds. The van der Waals surface area contributed by atoms with E-state index in [1.54, 1.807) is 0 Å². The van der Waals surface area contributed by atoms with Crippen LogP contribution in [-0.2, 0) is 0 Å². The number of aromatic amines is 2. The lowest BCUT2D eigenvalue weighted by Crippen LogP contribution is -2.27. The van der Waals surface area contributed by atoms with Crippen LogP contribution >= 0.6 is 15.9 Å². The van der Waals surface area contributed by atoms with Crippen molar-refractivity contribution in [1.82, 2.24) is 9.97 Å². The maximum atomic E-state index is 13.0. The second kappa shape index (κ2) is 5.19. The zero-order valence-corrected chi connectivity index (χ0v) is 10.9. The number of hydrogen-bond donors (Lipinski definition) is 3. The van der Waals surface area contributed by atoms with Crippen LogP contribution in [0.1, 0.15) is 10.5 Å². The molecule has 0 fully saturated rings. The molecule has 6 nitrogen and oxygen atoms in total. The number of halogens is 2. The minimum absolute atomic E-state index is 0.185. The van der Waals surface area contributed by atoms with Gasteiger partial charge in [0.25, 0.3) is 11.5 Å². The summed E-state index contributed by atoms with van der Waals surface area (Å²) in [4.78, 5) is 38.0.